The molecule has 7 rings (SSSR count). The van der Waals surface area contributed by atoms with Crippen LogP contribution in [0.15, 0.2) is 164 Å². The lowest BCUT2D eigenvalue weighted by molar-refractivity contribution is 1.74. The van der Waals surface area contributed by atoms with E-state index in [1.807, 2.05) is 0 Å². The van der Waals surface area contributed by atoms with E-state index in [9.17, 15) is 0 Å². The van der Waals surface area contributed by atoms with Crippen molar-refractivity contribution < 1.29 is 0 Å². The van der Waals surface area contributed by atoms with E-state index in [1.165, 1.54) is 53.4 Å². The lowest BCUT2D eigenvalue weighted by Crippen LogP contribution is -2.22. The van der Waals surface area contributed by atoms with E-state index in [0.29, 0.717) is 0 Å². The van der Waals surface area contributed by atoms with Crippen molar-refractivity contribution in [2.24, 2.45) is 0 Å². The van der Waals surface area contributed by atoms with Crippen LogP contribution >= 0.6 is 15.8 Å². The maximum Gasteiger partial charge on any atom is -0.0000533 e. The average molecular weight is 546 g/mol. The van der Waals surface area contributed by atoms with E-state index < -0.39 is 15.8 Å². The molecule has 0 amide bonds. The smallest absolute Gasteiger partial charge is 0.0000533 e. The zero-order chi connectivity index (χ0) is 26.7. The summed E-state index contributed by atoms with van der Waals surface area (Å²) in [5, 5.41) is 13.0. The topological polar surface area (TPSA) is 0 Å². The molecule has 0 aliphatic heterocycles. The molecular formula is C38H27P2. The Kier molecular flexibility index (Phi) is 6.97. The van der Waals surface area contributed by atoms with E-state index >= 15 is 0 Å². The van der Waals surface area contributed by atoms with E-state index in [4.69, 9.17) is 0 Å². The first-order valence-electron chi connectivity index (χ1n) is 13.5. The van der Waals surface area contributed by atoms with Crippen LogP contribution < -0.4 is 31.8 Å². The Balaban J connectivity index is 1.50. The SMILES string of the molecule is [c]1c2c(P(c3ccccc3)c3ccccc3)cccc2cc2cccc(P(c3ccccc3)c3ccccc3)c12. The Morgan fingerprint density at radius 2 is 0.650 bits per heavy atom. The average Bonchev–Trinajstić information content (AvgIpc) is 3.03. The molecule has 0 N–H and O–H groups in total. The van der Waals surface area contributed by atoms with E-state index in [0.717, 1.165) is 0 Å². The van der Waals surface area contributed by atoms with E-state index in [-0.39, 0.29) is 0 Å². The highest BCUT2D eigenvalue weighted by molar-refractivity contribution is 7.80. The molecule has 0 nitrogen and oxygen atoms in total. The summed E-state index contributed by atoms with van der Waals surface area (Å²) in [5.41, 5.74) is 0. The first-order valence-corrected chi connectivity index (χ1v) is 16.2. The fourth-order valence-corrected chi connectivity index (χ4v) is 10.3. The lowest BCUT2D eigenvalue weighted by Gasteiger charge is -2.23. The summed E-state index contributed by atoms with van der Waals surface area (Å²) in [6, 6.07) is 63.7. The van der Waals surface area contributed by atoms with Gasteiger partial charge in [0, 0.05) is 0 Å². The molecule has 0 aliphatic carbocycles. The molecule has 189 valence electrons. The standard InChI is InChI=1S/C38H27P2/c1-5-17-31(18-6-1)39(32-19-7-2-8-20-32)37-25-13-15-29-27-30-16-14-26-38(36(30)28-35(29)37)40(33-21-9-3-10-22-33)34-23-11-4-12-24-34/h1-27H. The van der Waals surface area contributed by atoms with Gasteiger partial charge >= 0.3 is 0 Å². The van der Waals surface area contributed by atoms with Crippen LogP contribution in [0.25, 0.3) is 21.5 Å². The summed E-state index contributed by atoms with van der Waals surface area (Å²) in [4.78, 5) is 0. The highest BCUT2D eigenvalue weighted by atomic mass is 31.1. The summed E-state index contributed by atoms with van der Waals surface area (Å²) < 4.78 is 0. The molecule has 2 heteroatoms. The second-order valence-corrected chi connectivity index (χ2v) is 14.1. The van der Waals surface area contributed by atoms with E-state index in [2.05, 4.69) is 170 Å². The van der Waals surface area contributed by atoms with Crippen molar-refractivity contribution in [3.05, 3.63) is 170 Å². The van der Waals surface area contributed by atoms with Gasteiger partial charge in [-0.05, 0) is 81.3 Å². The molecule has 7 aromatic rings. The zero-order valence-corrected chi connectivity index (χ0v) is 23.8. The van der Waals surface area contributed by atoms with Crippen molar-refractivity contribution in [3.8, 4) is 0 Å². The van der Waals surface area contributed by atoms with Crippen LogP contribution in [-0.2, 0) is 0 Å². The third-order valence-electron chi connectivity index (χ3n) is 7.25. The Morgan fingerprint density at radius 3 is 0.975 bits per heavy atom. The molecule has 7 aromatic carbocycles. The van der Waals surface area contributed by atoms with Gasteiger partial charge in [-0.15, -0.1) is 0 Å². The minimum Gasteiger partial charge on any atom is -0.0622 e. The van der Waals surface area contributed by atoms with Crippen molar-refractivity contribution in [1.29, 1.82) is 0 Å². The third-order valence-corrected chi connectivity index (χ3v) is 12.2. The molecule has 0 heterocycles. The van der Waals surface area contributed by atoms with Crippen molar-refractivity contribution in [2.45, 2.75) is 0 Å². The number of hydrogen-bond donors (Lipinski definition) is 0. The fraction of sp³-hybridized carbons (Fsp3) is 0. The van der Waals surface area contributed by atoms with Gasteiger partial charge in [-0.25, -0.2) is 0 Å². The summed E-state index contributed by atoms with van der Waals surface area (Å²) >= 11 is 0. The third kappa shape index (κ3) is 4.76. The zero-order valence-electron chi connectivity index (χ0n) is 22.0. The van der Waals surface area contributed by atoms with Gasteiger partial charge in [-0.1, -0.05) is 158 Å². The van der Waals surface area contributed by atoms with Gasteiger partial charge in [0.1, 0.15) is 0 Å². The van der Waals surface area contributed by atoms with Crippen LogP contribution in [0, 0.1) is 6.07 Å². The summed E-state index contributed by atoms with van der Waals surface area (Å²) in [7, 11) is -1.48. The predicted octanol–water partition coefficient (Wildman–Crippen LogP) is 7.31. The van der Waals surface area contributed by atoms with Gasteiger partial charge in [0.25, 0.3) is 0 Å². The molecule has 0 aromatic heterocycles. The molecule has 40 heavy (non-hydrogen) atoms. The van der Waals surface area contributed by atoms with Crippen molar-refractivity contribution in [2.75, 3.05) is 0 Å². The molecule has 0 spiro atoms. The van der Waals surface area contributed by atoms with Gasteiger partial charge < -0.3 is 0 Å². The van der Waals surface area contributed by atoms with Crippen molar-refractivity contribution in [1.82, 2.24) is 0 Å². The largest absolute Gasteiger partial charge is 0.0622 e. The maximum absolute atomic E-state index is 4.02. The first-order chi connectivity index (χ1) is 19.9. The summed E-state index contributed by atoms with van der Waals surface area (Å²) in [5.74, 6) is 0. The predicted molar refractivity (Wildman–Crippen MR) is 178 cm³/mol. The molecule has 0 saturated carbocycles. The number of benzene rings is 7. The summed E-state index contributed by atoms with van der Waals surface area (Å²) in [6.07, 6.45) is 0. The van der Waals surface area contributed by atoms with Crippen molar-refractivity contribution >= 4 is 69.2 Å². The van der Waals surface area contributed by atoms with Crippen LogP contribution in [0.1, 0.15) is 0 Å². The highest BCUT2D eigenvalue weighted by Crippen LogP contribution is 2.39. The minimum atomic E-state index is -0.740. The maximum atomic E-state index is 4.02. The normalized spacial score (nSPS) is 11.4. The molecule has 0 aliphatic rings. The molecule has 1 radical (unpaired) electrons. The quantitative estimate of drug-likeness (QED) is 0.152. The lowest BCUT2D eigenvalue weighted by atomic mass is 10.0. The number of fused-ring (bicyclic) bond motifs is 2. The summed E-state index contributed by atoms with van der Waals surface area (Å²) in [6.45, 7) is 0. The first kappa shape index (κ1) is 24.9. The molecule has 0 unspecified atom stereocenters. The highest BCUT2D eigenvalue weighted by Gasteiger charge is 2.22. The monoisotopic (exact) mass is 545 g/mol. The number of hydrogen-bond acceptors (Lipinski definition) is 0. The molecule has 0 atom stereocenters. The molecular weight excluding hydrogens is 518 g/mol. The molecule has 0 saturated heterocycles. The Bertz CT molecular complexity index is 1670. The van der Waals surface area contributed by atoms with Crippen LogP contribution in [0.4, 0.5) is 0 Å². The van der Waals surface area contributed by atoms with Gasteiger partial charge in [0.15, 0.2) is 0 Å². The van der Waals surface area contributed by atoms with Crippen LogP contribution in [-0.4, -0.2) is 0 Å². The van der Waals surface area contributed by atoms with E-state index in [1.54, 1.807) is 0 Å². The van der Waals surface area contributed by atoms with Gasteiger partial charge in [0.2, 0.25) is 0 Å². The Labute approximate surface area is 238 Å². The Morgan fingerprint density at radius 1 is 0.325 bits per heavy atom. The van der Waals surface area contributed by atoms with Crippen LogP contribution in [0.2, 0.25) is 0 Å². The molecule has 0 fully saturated rings. The fourth-order valence-electron chi connectivity index (χ4n) is 5.46. The van der Waals surface area contributed by atoms with Gasteiger partial charge in [-0.2, -0.15) is 0 Å². The second kappa shape index (κ2) is 11.2. The van der Waals surface area contributed by atoms with Crippen LogP contribution in [0.3, 0.4) is 0 Å². The second-order valence-electron chi connectivity index (χ2n) is 9.77. The minimum absolute atomic E-state index is 0.740. The molecule has 0 bridgehead atoms. The van der Waals surface area contributed by atoms with Gasteiger partial charge in [-0.3, -0.25) is 0 Å². The van der Waals surface area contributed by atoms with Crippen molar-refractivity contribution in [3.63, 3.8) is 0 Å². The van der Waals surface area contributed by atoms with Gasteiger partial charge in [0.05, 0.1) is 0 Å². The number of rotatable bonds is 6. The Hall–Kier alpha value is -4.08. The van der Waals surface area contributed by atoms with Crippen LogP contribution in [0.5, 0.6) is 0 Å².